The number of nitrogens with zero attached hydrogens (tertiary/aromatic N) is 4. The monoisotopic (exact) mass is 343 g/mol. The number of aromatic nitrogens is 4. The number of H-pyrrole nitrogens is 1. The van der Waals surface area contributed by atoms with Gasteiger partial charge in [-0.05, 0) is 24.5 Å². The second kappa shape index (κ2) is 6.11. The molecule has 2 aromatic heterocycles. The maximum absolute atomic E-state index is 12.8. The molecule has 2 atom stereocenters. The van der Waals surface area contributed by atoms with Crippen molar-refractivity contribution in [2.24, 2.45) is 0 Å². The van der Waals surface area contributed by atoms with Crippen LogP contribution in [-0.4, -0.2) is 50.0 Å². The number of likely N-dealkylation sites (tertiary alicyclic amines) is 1. The van der Waals surface area contributed by atoms with Gasteiger partial charge in [0.05, 0.1) is 30.6 Å². The Balaban J connectivity index is 1.57. The number of amides is 1. The summed E-state index contributed by atoms with van der Waals surface area (Å²) in [6, 6.07) is 3.38. The third-order valence-corrected chi connectivity index (χ3v) is 5.00. The number of piperidine rings is 1. The quantitative estimate of drug-likeness (QED) is 0.880. The van der Waals surface area contributed by atoms with Crippen LogP contribution >= 0.6 is 0 Å². The standard InChI is InChI=1S/C17H21N5O3/c1-10(2)13-4-3-12(16(23)19-13)17(24)21-6-5-15-14(8-21)22-11(9-25-15)7-18-20-22/h3-4,7,10,14-15H,5-6,8-9H2,1-2H3,(H,19,23)/t14-,15-/m0/s1. The average Bonchev–Trinajstić information content (AvgIpc) is 3.09. The van der Waals surface area contributed by atoms with E-state index in [1.165, 1.54) is 0 Å². The van der Waals surface area contributed by atoms with Crippen LogP contribution < -0.4 is 5.56 Å². The van der Waals surface area contributed by atoms with Gasteiger partial charge in [-0.15, -0.1) is 5.10 Å². The normalized spacial score (nSPS) is 22.6. The van der Waals surface area contributed by atoms with E-state index in [0.29, 0.717) is 19.7 Å². The lowest BCUT2D eigenvalue weighted by Crippen LogP contribution is -2.50. The molecule has 2 aliphatic heterocycles. The van der Waals surface area contributed by atoms with Crippen LogP contribution in [0.1, 0.15) is 54.0 Å². The number of pyridine rings is 1. The summed E-state index contributed by atoms with van der Waals surface area (Å²) in [5, 5.41) is 8.07. The zero-order chi connectivity index (χ0) is 17.6. The molecule has 0 unspecified atom stereocenters. The van der Waals surface area contributed by atoms with Crippen molar-refractivity contribution >= 4 is 5.91 Å². The molecule has 4 heterocycles. The second-order valence-electron chi connectivity index (χ2n) is 6.94. The first-order valence-electron chi connectivity index (χ1n) is 8.57. The topological polar surface area (TPSA) is 93.1 Å². The van der Waals surface area contributed by atoms with E-state index in [2.05, 4.69) is 15.3 Å². The maximum atomic E-state index is 12.8. The number of carbonyl (C=O) groups excluding carboxylic acids is 1. The van der Waals surface area contributed by atoms with Crippen LogP contribution in [0.25, 0.3) is 0 Å². The number of fused-ring (bicyclic) bond motifs is 3. The summed E-state index contributed by atoms with van der Waals surface area (Å²) in [5.74, 6) is -0.0417. The first-order chi connectivity index (χ1) is 12.0. The number of hydrogen-bond donors (Lipinski definition) is 1. The molecule has 2 aromatic rings. The summed E-state index contributed by atoms with van der Waals surface area (Å²) < 4.78 is 7.71. The highest BCUT2D eigenvalue weighted by Gasteiger charge is 2.38. The molecule has 25 heavy (non-hydrogen) atoms. The molecule has 1 fully saturated rings. The average molecular weight is 343 g/mol. The molecule has 132 valence electrons. The maximum Gasteiger partial charge on any atom is 0.261 e. The van der Waals surface area contributed by atoms with E-state index >= 15 is 0 Å². The van der Waals surface area contributed by atoms with E-state index < -0.39 is 0 Å². The lowest BCUT2D eigenvalue weighted by Gasteiger charge is -2.40. The summed E-state index contributed by atoms with van der Waals surface area (Å²) in [5.41, 5.74) is 1.58. The summed E-state index contributed by atoms with van der Waals surface area (Å²) >= 11 is 0. The molecule has 0 bridgehead atoms. The minimum Gasteiger partial charge on any atom is -0.370 e. The molecule has 1 amide bonds. The minimum atomic E-state index is -0.334. The zero-order valence-corrected chi connectivity index (χ0v) is 14.3. The lowest BCUT2D eigenvalue weighted by atomic mass is 9.99. The number of carbonyl (C=O) groups is 1. The molecule has 0 aromatic carbocycles. The van der Waals surface area contributed by atoms with E-state index in [-0.39, 0.29) is 35.1 Å². The van der Waals surface area contributed by atoms with Crippen LogP contribution in [0.3, 0.4) is 0 Å². The molecule has 8 heteroatoms. The Morgan fingerprint density at radius 2 is 2.24 bits per heavy atom. The first-order valence-corrected chi connectivity index (χ1v) is 8.57. The Kier molecular flexibility index (Phi) is 3.91. The zero-order valence-electron chi connectivity index (χ0n) is 14.3. The van der Waals surface area contributed by atoms with Crippen LogP contribution in [0.2, 0.25) is 0 Å². The van der Waals surface area contributed by atoms with Gasteiger partial charge >= 0.3 is 0 Å². The largest absolute Gasteiger partial charge is 0.370 e. The number of nitrogens with one attached hydrogen (secondary N) is 1. The van der Waals surface area contributed by atoms with Gasteiger partial charge in [0.1, 0.15) is 5.56 Å². The van der Waals surface area contributed by atoms with Gasteiger partial charge in [0, 0.05) is 18.8 Å². The number of rotatable bonds is 2. The van der Waals surface area contributed by atoms with Crippen molar-refractivity contribution in [3.8, 4) is 0 Å². The summed E-state index contributed by atoms with van der Waals surface area (Å²) in [4.78, 5) is 29.7. The highest BCUT2D eigenvalue weighted by atomic mass is 16.5. The molecular weight excluding hydrogens is 322 g/mol. The van der Waals surface area contributed by atoms with Crippen molar-refractivity contribution < 1.29 is 9.53 Å². The number of aromatic amines is 1. The van der Waals surface area contributed by atoms with E-state index in [9.17, 15) is 9.59 Å². The van der Waals surface area contributed by atoms with Gasteiger partial charge in [-0.25, -0.2) is 4.68 Å². The van der Waals surface area contributed by atoms with Crippen molar-refractivity contribution in [3.05, 3.63) is 45.6 Å². The van der Waals surface area contributed by atoms with Gasteiger partial charge in [0.2, 0.25) is 0 Å². The van der Waals surface area contributed by atoms with Crippen molar-refractivity contribution in [2.75, 3.05) is 13.1 Å². The molecule has 8 nitrogen and oxygen atoms in total. The van der Waals surface area contributed by atoms with Crippen LogP contribution in [0, 0.1) is 0 Å². The Morgan fingerprint density at radius 1 is 1.40 bits per heavy atom. The Bertz CT molecular complexity index is 856. The van der Waals surface area contributed by atoms with E-state index in [0.717, 1.165) is 17.8 Å². The third-order valence-electron chi connectivity index (χ3n) is 5.00. The molecule has 0 spiro atoms. The highest BCUT2D eigenvalue weighted by molar-refractivity contribution is 5.94. The van der Waals surface area contributed by atoms with Crippen LogP contribution in [0.5, 0.6) is 0 Å². The van der Waals surface area contributed by atoms with Gasteiger partial charge in [0.25, 0.3) is 11.5 Å². The van der Waals surface area contributed by atoms with Crippen LogP contribution in [-0.2, 0) is 11.3 Å². The predicted octanol–water partition coefficient (Wildman–Crippen LogP) is 1.08. The fourth-order valence-electron chi connectivity index (χ4n) is 3.53. The molecule has 0 saturated carbocycles. The van der Waals surface area contributed by atoms with Gasteiger partial charge < -0.3 is 14.6 Å². The van der Waals surface area contributed by atoms with Gasteiger partial charge in [0.15, 0.2) is 0 Å². The van der Waals surface area contributed by atoms with Crippen molar-refractivity contribution in [2.45, 2.75) is 44.9 Å². The fourth-order valence-corrected chi connectivity index (χ4v) is 3.53. The molecule has 0 aliphatic carbocycles. The molecule has 1 N–H and O–H groups in total. The van der Waals surface area contributed by atoms with Gasteiger partial charge in [-0.3, -0.25) is 9.59 Å². The molecular formula is C17H21N5O3. The Hall–Kier alpha value is -2.48. The van der Waals surface area contributed by atoms with Gasteiger partial charge in [-0.1, -0.05) is 19.1 Å². The summed E-state index contributed by atoms with van der Waals surface area (Å²) in [6.45, 7) is 5.52. The molecule has 1 saturated heterocycles. The van der Waals surface area contributed by atoms with E-state index in [4.69, 9.17) is 4.74 Å². The van der Waals surface area contributed by atoms with Crippen LogP contribution in [0.4, 0.5) is 0 Å². The molecule has 0 radical (unpaired) electrons. The van der Waals surface area contributed by atoms with E-state index in [1.54, 1.807) is 17.2 Å². The third kappa shape index (κ3) is 2.76. The predicted molar refractivity (Wildman–Crippen MR) is 89.3 cm³/mol. The lowest BCUT2D eigenvalue weighted by molar-refractivity contribution is -0.0605. The van der Waals surface area contributed by atoms with Crippen molar-refractivity contribution in [1.82, 2.24) is 24.9 Å². The second-order valence-corrected chi connectivity index (χ2v) is 6.94. The highest BCUT2D eigenvalue weighted by Crippen LogP contribution is 2.30. The molecule has 2 aliphatic rings. The Morgan fingerprint density at radius 3 is 3.00 bits per heavy atom. The fraction of sp³-hybridized carbons (Fsp3) is 0.529. The smallest absolute Gasteiger partial charge is 0.261 e. The van der Waals surface area contributed by atoms with Crippen molar-refractivity contribution in [3.63, 3.8) is 0 Å². The summed E-state index contributed by atoms with van der Waals surface area (Å²) in [6.07, 6.45) is 2.43. The Labute approximate surface area is 144 Å². The molecule has 4 rings (SSSR count). The van der Waals surface area contributed by atoms with Crippen LogP contribution in [0.15, 0.2) is 23.1 Å². The number of ether oxygens (including phenoxy) is 1. The summed E-state index contributed by atoms with van der Waals surface area (Å²) in [7, 11) is 0. The SMILES string of the molecule is CC(C)c1ccc(C(=O)N2CC[C@@H]3OCc4cnnn4[C@H]3C2)c(=O)[nH]1. The van der Waals surface area contributed by atoms with Crippen molar-refractivity contribution in [1.29, 1.82) is 0 Å². The first kappa shape index (κ1) is 16.0. The number of hydrogen-bond acceptors (Lipinski definition) is 5. The minimum absolute atomic E-state index is 0.0276. The van der Waals surface area contributed by atoms with E-state index in [1.807, 2.05) is 24.6 Å². The van der Waals surface area contributed by atoms with Gasteiger partial charge in [-0.2, -0.15) is 0 Å².